The van der Waals surface area contributed by atoms with Crippen LogP contribution in [0, 0.1) is 6.92 Å². The molecule has 0 amide bonds. The van der Waals surface area contributed by atoms with Gasteiger partial charge >= 0.3 is 0 Å². The predicted molar refractivity (Wildman–Crippen MR) is 107 cm³/mol. The number of rotatable bonds is 4. The maximum atomic E-state index is 11.4. The molecule has 1 aromatic heterocycles. The van der Waals surface area contributed by atoms with Crippen molar-refractivity contribution in [2.24, 2.45) is 0 Å². The number of nitrogen functional groups attached to an aromatic ring is 1. The van der Waals surface area contributed by atoms with Crippen LogP contribution >= 0.6 is 11.6 Å². The molecule has 3 rings (SSSR count). The zero-order valence-electron chi connectivity index (χ0n) is 15.1. The topological polar surface area (TPSA) is 110 Å². The molecule has 1 aromatic carbocycles. The average Bonchev–Trinajstić information content (AvgIpc) is 2.78. The van der Waals surface area contributed by atoms with E-state index >= 15 is 0 Å². The van der Waals surface area contributed by atoms with Gasteiger partial charge in [0.25, 0.3) is 0 Å². The number of nitrogens with zero attached hydrogens (tertiary/aromatic N) is 3. The molecule has 3 N–H and O–H groups in total. The highest BCUT2D eigenvalue weighted by molar-refractivity contribution is 7.92. The second kappa shape index (κ2) is 7.87. The van der Waals surface area contributed by atoms with Crippen molar-refractivity contribution < 1.29 is 13.2 Å². The minimum absolute atomic E-state index is 0.180. The highest BCUT2D eigenvalue weighted by Crippen LogP contribution is 2.34. The molecule has 1 fully saturated rings. The molecule has 10 heteroatoms. The number of sulfonamides is 1. The van der Waals surface area contributed by atoms with Gasteiger partial charge in [0.2, 0.25) is 16.0 Å². The first-order valence-corrected chi connectivity index (χ1v) is 10.7. The van der Waals surface area contributed by atoms with E-state index in [2.05, 4.69) is 19.6 Å². The van der Waals surface area contributed by atoms with Gasteiger partial charge in [-0.25, -0.2) is 13.4 Å². The van der Waals surface area contributed by atoms with E-state index in [1.54, 1.807) is 18.2 Å². The fourth-order valence-electron chi connectivity index (χ4n) is 3.11. The smallest absolute Gasteiger partial charge is 0.229 e. The van der Waals surface area contributed by atoms with Crippen LogP contribution in [-0.4, -0.2) is 44.4 Å². The lowest BCUT2D eigenvalue weighted by molar-refractivity contribution is 0.134. The molecule has 1 aliphatic heterocycles. The molecule has 2 heterocycles. The number of nitrogens with one attached hydrogen (secondary N) is 1. The summed E-state index contributed by atoms with van der Waals surface area (Å²) in [4.78, 5) is 10.6. The third-order valence-corrected chi connectivity index (χ3v) is 5.09. The van der Waals surface area contributed by atoms with Gasteiger partial charge in [-0.2, -0.15) is 4.98 Å². The highest BCUT2D eigenvalue weighted by atomic mass is 35.5. The second-order valence-electron chi connectivity index (χ2n) is 6.47. The number of aryl methyl sites for hydroxylation is 1. The maximum absolute atomic E-state index is 11.4. The van der Waals surface area contributed by atoms with E-state index in [1.807, 2.05) is 13.0 Å². The van der Waals surface area contributed by atoms with Crippen molar-refractivity contribution in [1.82, 2.24) is 9.97 Å². The van der Waals surface area contributed by atoms with Crippen molar-refractivity contribution in [3.05, 3.63) is 40.5 Å². The molecule has 0 unspecified atom stereocenters. The number of halogens is 1. The van der Waals surface area contributed by atoms with Crippen LogP contribution in [0.4, 0.5) is 17.5 Å². The van der Waals surface area contributed by atoms with E-state index in [9.17, 15) is 8.42 Å². The lowest BCUT2D eigenvalue weighted by Gasteiger charge is -2.31. The van der Waals surface area contributed by atoms with Crippen LogP contribution in [-0.2, 0) is 14.8 Å². The summed E-state index contributed by atoms with van der Waals surface area (Å²) in [5, 5.41) is 0.447. The zero-order chi connectivity index (χ0) is 19.6. The molecule has 2 aromatic rings. The van der Waals surface area contributed by atoms with Gasteiger partial charge in [0.1, 0.15) is 5.82 Å². The normalized spacial score (nSPS) is 18.2. The minimum Gasteiger partial charge on any atom is -0.379 e. The van der Waals surface area contributed by atoms with Crippen molar-refractivity contribution in [3.63, 3.8) is 0 Å². The molecule has 0 bridgehead atoms. The lowest BCUT2D eigenvalue weighted by Crippen LogP contribution is -2.32. The SMILES string of the molecule is Cc1cc(N2CCCOC[C@H]2c2ccc(NS(C)(=O)=O)cc2Cl)nc(N)n1. The van der Waals surface area contributed by atoms with E-state index in [0.29, 0.717) is 29.7 Å². The first-order valence-electron chi connectivity index (χ1n) is 8.46. The van der Waals surface area contributed by atoms with Crippen LogP contribution < -0.4 is 15.4 Å². The average molecular weight is 412 g/mol. The van der Waals surface area contributed by atoms with Gasteiger partial charge < -0.3 is 15.4 Å². The summed E-state index contributed by atoms with van der Waals surface area (Å²) in [7, 11) is -3.38. The summed E-state index contributed by atoms with van der Waals surface area (Å²) in [6, 6.07) is 6.79. The van der Waals surface area contributed by atoms with Gasteiger partial charge in [0, 0.05) is 35.6 Å². The van der Waals surface area contributed by atoms with E-state index < -0.39 is 10.0 Å². The number of benzene rings is 1. The third kappa shape index (κ3) is 5.00. The molecule has 0 spiro atoms. The van der Waals surface area contributed by atoms with Gasteiger partial charge in [-0.3, -0.25) is 4.72 Å². The number of nitrogens with two attached hydrogens (primary N) is 1. The van der Waals surface area contributed by atoms with Crippen molar-refractivity contribution in [2.75, 3.05) is 41.4 Å². The number of aromatic nitrogens is 2. The first kappa shape index (κ1) is 19.7. The zero-order valence-corrected chi connectivity index (χ0v) is 16.7. The molecule has 0 saturated carbocycles. The summed E-state index contributed by atoms with van der Waals surface area (Å²) in [6.45, 7) is 3.66. The predicted octanol–water partition coefficient (Wildman–Crippen LogP) is 2.36. The summed E-state index contributed by atoms with van der Waals surface area (Å²) >= 11 is 6.49. The Morgan fingerprint density at radius 1 is 1.33 bits per heavy atom. The molecule has 0 aliphatic carbocycles. The Bertz CT molecular complexity index is 918. The summed E-state index contributed by atoms with van der Waals surface area (Å²) < 4.78 is 31.1. The van der Waals surface area contributed by atoms with Crippen molar-refractivity contribution >= 4 is 39.1 Å². The first-order chi connectivity index (χ1) is 12.7. The van der Waals surface area contributed by atoms with Gasteiger partial charge in [-0.15, -0.1) is 0 Å². The lowest BCUT2D eigenvalue weighted by atomic mass is 10.0. The molecular weight excluding hydrogens is 390 g/mol. The van der Waals surface area contributed by atoms with Crippen molar-refractivity contribution in [3.8, 4) is 0 Å². The molecule has 1 saturated heterocycles. The fraction of sp³-hybridized carbons (Fsp3) is 0.412. The monoisotopic (exact) mass is 411 g/mol. The molecule has 8 nitrogen and oxygen atoms in total. The van der Waals surface area contributed by atoms with Gasteiger partial charge in [-0.05, 0) is 31.0 Å². The standard InChI is InChI=1S/C17H22ClN5O3S/c1-11-8-16(21-17(19)20-11)23-6-3-7-26-10-15(23)13-5-4-12(9-14(13)18)22-27(2,24)25/h4-5,8-9,15,22H,3,6-7,10H2,1-2H3,(H2,19,20,21)/t15-/m0/s1. The molecule has 1 aliphatic rings. The van der Waals surface area contributed by atoms with Gasteiger partial charge in [0.05, 0.1) is 18.9 Å². The molecular formula is C17H22ClN5O3S. The van der Waals surface area contributed by atoms with E-state index in [4.69, 9.17) is 22.1 Å². The Kier molecular flexibility index (Phi) is 5.73. The quantitative estimate of drug-likeness (QED) is 0.794. The van der Waals surface area contributed by atoms with Crippen LogP contribution in [0.25, 0.3) is 0 Å². The summed E-state index contributed by atoms with van der Waals surface area (Å²) in [5.74, 6) is 0.928. The summed E-state index contributed by atoms with van der Waals surface area (Å²) in [5.41, 5.74) is 7.84. The van der Waals surface area contributed by atoms with Gasteiger partial charge in [0.15, 0.2) is 0 Å². The van der Waals surface area contributed by atoms with Crippen LogP contribution in [0.3, 0.4) is 0 Å². The Balaban J connectivity index is 1.98. The molecule has 1 atom stereocenters. The highest BCUT2D eigenvalue weighted by Gasteiger charge is 2.27. The minimum atomic E-state index is -3.38. The third-order valence-electron chi connectivity index (χ3n) is 4.15. The van der Waals surface area contributed by atoms with E-state index in [1.165, 1.54) is 0 Å². The van der Waals surface area contributed by atoms with E-state index in [-0.39, 0.29) is 12.0 Å². The number of ether oxygens (including phenoxy) is 1. The van der Waals surface area contributed by atoms with Crippen LogP contribution in [0.2, 0.25) is 5.02 Å². The summed E-state index contributed by atoms with van der Waals surface area (Å²) in [6.07, 6.45) is 1.93. The second-order valence-corrected chi connectivity index (χ2v) is 8.63. The molecule has 146 valence electrons. The number of anilines is 3. The van der Waals surface area contributed by atoms with Gasteiger partial charge in [-0.1, -0.05) is 17.7 Å². The number of hydrogen-bond acceptors (Lipinski definition) is 7. The fourth-order valence-corrected chi connectivity index (χ4v) is 3.97. The maximum Gasteiger partial charge on any atom is 0.229 e. The Morgan fingerprint density at radius 2 is 2.11 bits per heavy atom. The van der Waals surface area contributed by atoms with Crippen molar-refractivity contribution in [2.45, 2.75) is 19.4 Å². The Morgan fingerprint density at radius 3 is 2.78 bits per heavy atom. The van der Waals surface area contributed by atoms with Crippen molar-refractivity contribution in [1.29, 1.82) is 0 Å². The molecule has 0 radical (unpaired) electrons. The van der Waals surface area contributed by atoms with Crippen LogP contribution in [0.1, 0.15) is 23.7 Å². The van der Waals surface area contributed by atoms with Crippen LogP contribution in [0.15, 0.2) is 24.3 Å². The largest absolute Gasteiger partial charge is 0.379 e. The van der Waals surface area contributed by atoms with Crippen LogP contribution in [0.5, 0.6) is 0 Å². The Labute approximate surface area is 163 Å². The van der Waals surface area contributed by atoms with E-state index in [0.717, 1.165) is 30.5 Å². The Hall–Kier alpha value is -2.10. The number of hydrogen-bond donors (Lipinski definition) is 2. The molecule has 27 heavy (non-hydrogen) atoms.